The van der Waals surface area contributed by atoms with Gasteiger partial charge in [-0.3, -0.25) is 14.9 Å². The maximum Gasteiger partial charge on any atom is 0.321 e. The third kappa shape index (κ3) is 3.48. The van der Waals surface area contributed by atoms with E-state index in [1.807, 2.05) is 4.72 Å². The molecule has 0 saturated carbocycles. The van der Waals surface area contributed by atoms with Crippen LogP contribution in [-0.2, 0) is 14.8 Å². The van der Waals surface area contributed by atoms with Crippen LogP contribution >= 0.6 is 0 Å². The van der Waals surface area contributed by atoms with Gasteiger partial charge in [-0.2, -0.15) is 4.72 Å². The number of rotatable bonds is 5. The van der Waals surface area contributed by atoms with Crippen molar-refractivity contribution in [2.75, 3.05) is 0 Å². The largest absolute Gasteiger partial charge is 0.480 e. The predicted molar refractivity (Wildman–Crippen MR) is 65.3 cm³/mol. The molecule has 1 rings (SSSR count). The minimum atomic E-state index is -4.02. The number of nitro benzene ring substituents is 1. The van der Waals surface area contributed by atoms with E-state index in [0.29, 0.717) is 0 Å². The molecule has 1 atom stereocenters. The van der Waals surface area contributed by atoms with E-state index in [9.17, 15) is 23.3 Å². The third-order valence-electron chi connectivity index (χ3n) is 2.38. The first kappa shape index (κ1) is 15.1. The number of nitrogens with zero attached hydrogens (tertiary/aromatic N) is 1. The van der Waals surface area contributed by atoms with Gasteiger partial charge in [0.15, 0.2) is 0 Å². The molecule has 2 N–H and O–H groups in total. The van der Waals surface area contributed by atoms with Crippen molar-refractivity contribution in [1.29, 1.82) is 0 Å². The van der Waals surface area contributed by atoms with Gasteiger partial charge in [-0.25, -0.2) is 8.42 Å². The number of carboxylic acids is 1. The quantitative estimate of drug-likeness (QED) is 0.605. The van der Waals surface area contributed by atoms with Gasteiger partial charge in [0.1, 0.15) is 6.04 Å². The molecule has 0 fully saturated rings. The molecule has 19 heavy (non-hydrogen) atoms. The lowest BCUT2D eigenvalue weighted by Crippen LogP contribution is -2.38. The molecule has 0 saturated heterocycles. The lowest BCUT2D eigenvalue weighted by Gasteiger charge is -2.10. The Morgan fingerprint density at radius 2 is 2.05 bits per heavy atom. The summed E-state index contributed by atoms with van der Waals surface area (Å²) in [7, 11) is -4.02. The second-order valence-corrected chi connectivity index (χ2v) is 5.60. The van der Waals surface area contributed by atoms with Crippen LogP contribution in [0.3, 0.4) is 0 Å². The van der Waals surface area contributed by atoms with E-state index in [0.717, 1.165) is 18.2 Å². The summed E-state index contributed by atoms with van der Waals surface area (Å²) in [5.41, 5.74) is -0.0268. The van der Waals surface area contributed by atoms with E-state index in [1.165, 1.54) is 13.8 Å². The Hall–Kier alpha value is -2.00. The Balaban J connectivity index is 3.13. The fourth-order valence-electron chi connectivity index (χ4n) is 1.35. The normalized spacial score (nSPS) is 12.9. The molecule has 0 amide bonds. The number of benzene rings is 1. The maximum atomic E-state index is 11.8. The minimum Gasteiger partial charge on any atom is -0.480 e. The number of hydrogen-bond acceptors (Lipinski definition) is 5. The Labute approximate surface area is 109 Å². The lowest BCUT2D eigenvalue weighted by molar-refractivity contribution is -0.385. The lowest BCUT2D eigenvalue weighted by atomic mass is 10.2. The Kier molecular flexibility index (Phi) is 4.22. The van der Waals surface area contributed by atoms with Gasteiger partial charge in [0.25, 0.3) is 5.69 Å². The highest BCUT2D eigenvalue weighted by atomic mass is 32.2. The summed E-state index contributed by atoms with van der Waals surface area (Å²) < 4.78 is 25.6. The molecule has 104 valence electrons. The van der Waals surface area contributed by atoms with Gasteiger partial charge in [0, 0.05) is 11.6 Å². The van der Waals surface area contributed by atoms with Crippen molar-refractivity contribution in [2.24, 2.45) is 0 Å². The first-order valence-electron chi connectivity index (χ1n) is 5.15. The first-order chi connectivity index (χ1) is 8.65. The highest BCUT2D eigenvalue weighted by Crippen LogP contribution is 2.21. The molecule has 0 aliphatic rings. The van der Waals surface area contributed by atoms with Crippen LogP contribution in [0.5, 0.6) is 0 Å². The van der Waals surface area contributed by atoms with Crippen LogP contribution in [0.4, 0.5) is 5.69 Å². The summed E-state index contributed by atoms with van der Waals surface area (Å²) in [6.45, 7) is 2.58. The summed E-state index contributed by atoms with van der Waals surface area (Å²) in [6.07, 6.45) is 0. The van der Waals surface area contributed by atoms with Gasteiger partial charge in [0.05, 0.1) is 9.82 Å². The van der Waals surface area contributed by atoms with E-state index >= 15 is 0 Å². The van der Waals surface area contributed by atoms with E-state index in [4.69, 9.17) is 5.11 Å². The number of hydrogen-bond donors (Lipinski definition) is 2. The van der Waals surface area contributed by atoms with Crippen LogP contribution in [0.1, 0.15) is 12.5 Å². The first-order valence-corrected chi connectivity index (χ1v) is 6.63. The summed E-state index contributed by atoms with van der Waals surface area (Å²) in [5, 5.41) is 19.3. The zero-order valence-electron chi connectivity index (χ0n) is 10.2. The average molecular weight is 288 g/mol. The number of nitro groups is 1. The molecular weight excluding hydrogens is 276 g/mol. The van der Waals surface area contributed by atoms with Crippen molar-refractivity contribution in [3.63, 3.8) is 0 Å². The summed E-state index contributed by atoms with van der Waals surface area (Å²) in [6, 6.07) is 1.95. The summed E-state index contributed by atoms with van der Waals surface area (Å²) in [5.74, 6) is -1.32. The van der Waals surface area contributed by atoms with Crippen LogP contribution in [0.2, 0.25) is 0 Å². The number of aryl methyl sites for hydroxylation is 1. The highest BCUT2D eigenvalue weighted by Gasteiger charge is 2.23. The Morgan fingerprint density at radius 3 is 2.47 bits per heavy atom. The third-order valence-corrected chi connectivity index (χ3v) is 3.92. The second-order valence-electron chi connectivity index (χ2n) is 3.89. The van der Waals surface area contributed by atoms with Crippen LogP contribution in [-0.4, -0.2) is 30.5 Å². The van der Waals surface area contributed by atoms with E-state index in [2.05, 4.69) is 0 Å². The van der Waals surface area contributed by atoms with Gasteiger partial charge < -0.3 is 5.11 Å². The fourth-order valence-corrected chi connectivity index (χ4v) is 2.63. The number of carbonyl (C=O) groups is 1. The van der Waals surface area contributed by atoms with Gasteiger partial charge in [-0.1, -0.05) is 0 Å². The second kappa shape index (κ2) is 5.33. The summed E-state index contributed by atoms with van der Waals surface area (Å²) in [4.78, 5) is 20.4. The van der Waals surface area contributed by atoms with Crippen LogP contribution < -0.4 is 4.72 Å². The van der Waals surface area contributed by atoms with Gasteiger partial charge in [-0.05, 0) is 26.0 Å². The van der Waals surface area contributed by atoms with Crippen molar-refractivity contribution < 1.29 is 23.2 Å². The Morgan fingerprint density at radius 1 is 1.47 bits per heavy atom. The highest BCUT2D eigenvalue weighted by molar-refractivity contribution is 7.89. The standard InChI is InChI=1S/C10H12N2O6S/c1-6-5-8(3-4-9(6)12(15)16)19(17,18)11-7(2)10(13)14/h3-5,7,11H,1-2H3,(H,13,14)/t7-/m1/s1. The van der Waals surface area contributed by atoms with E-state index < -0.39 is 27.0 Å². The Bertz CT molecular complexity index is 625. The molecule has 0 aromatic heterocycles. The topological polar surface area (TPSA) is 127 Å². The van der Waals surface area contributed by atoms with Crippen LogP contribution in [0, 0.1) is 17.0 Å². The van der Waals surface area contributed by atoms with E-state index in [-0.39, 0.29) is 16.1 Å². The van der Waals surface area contributed by atoms with Crippen molar-refractivity contribution in [3.8, 4) is 0 Å². The molecule has 1 aromatic rings. The van der Waals surface area contributed by atoms with Crippen molar-refractivity contribution in [3.05, 3.63) is 33.9 Å². The van der Waals surface area contributed by atoms with Crippen molar-refractivity contribution >= 4 is 21.7 Å². The van der Waals surface area contributed by atoms with Crippen LogP contribution in [0.25, 0.3) is 0 Å². The molecule has 0 spiro atoms. The molecule has 0 unspecified atom stereocenters. The molecular formula is C10H12N2O6S. The fraction of sp³-hybridized carbons (Fsp3) is 0.300. The average Bonchev–Trinajstić information content (AvgIpc) is 2.27. The predicted octanol–water partition coefficient (Wildman–Crippen LogP) is 0.655. The molecule has 8 nitrogen and oxygen atoms in total. The molecule has 1 aromatic carbocycles. The van der Waals surface area contributed by atoms with Gasteiger partial charge >= 0.3 is 5.97 Å². The van der Waals surface area contributed by atoms with E-state index in [1.54, 1.807) is 0 Å². The molecule has 9 heteroatoms. The van der Waals surface area contributed by atoms with Crippen molar-refractivity contribution in [2.45, 2.75) is 24.8 Å². The number of sulfonamides is 1. The smallest absolute Gasteiger partial charge is 0.321 e. The molecule has 0 heterocycles. The minimum absolute atomic E-state index is 0.177. The SMILES string of the molecule is Cc1cc(S(=O)(=O)N[C@H](C)C(=O)O)ccc1[N+](=O)[O-]. The number of carboxylic acid groups (broad SMARTS) is 1. The van der Waals surface area contributed by atoms with Crippen LogP contribution in [0.15, 0.2) is 23.1 Å². The van der Waals surface area contributed by atoms with Gasteiger partial charge in [-0.15, -0.1) is 0 Å². The maximum absolute atomic E-state index is 11.8. The number of aliphatic carboxylic acids is 1. The molecule has 0 bridgehead atoms. The monoisotopic (exact) mass is 288 g/mol. The van der Waals surface area contributed by atoms with Gasteiger partial charge in [0.2, 0.25) is 10.0 Å². The number of nitrogens with one attached hydrogen (secondary N) is 1. The zero-order valence-corrected chi connectivity index (χ0v) is 11.0. The summed E-state index contributed by atoms with van der Waals surface area (Å²) >= 11 is 0. The molecule has 0 aliphatic carbocycles. The zero-order chi connectivity index (χ0) is 14.8. The van der Waals surface area contributed by atoms with Crippen molar-refractivity contribution in [1.82, 2.24) is 4.72 Å². The molecule has 0 radical (unpaired) electrons. The molecule has 0 aliphatic heterocycles.